The molecule has 2 aromatic heterocycles. The fourth-order valence-corrected chi connectivity index (χ4v) is 5.55. The highest BCUT2D eigenvalue weighted by Crippen LogP contribution is 2.27. The first kappa shape index (κ1) is 29.2. The molecule has 0 atom stereocenters. The zero-order valence-electron chi connectivity index (χ0n) is 24.3. The fourth-order valence-electron chi connectivity index (χ4n) is 5.36. The summed E-state index contributed by atoms with van der Waals surface area (Å²) in [5, 5.41) is 2.65. The molecular weight excluding hydrogens is 502 g/mol. The van der Waals surface area contributed by atoms with Crippen molar-refractivity contribution in [3.8, 4) is 0 Å². The molecule has 0 N–H and O–H groups in total. The van der Waals surface area contributed by atoms with Crippen LogP contribution in [-0.2, 0) is 0 Å². The summed E-state index contributed by atoms with van der Waals surface area (Å²) in [5.41, 5.74) is 7.03. The molecule has 6 rings (SSSR count). The van der Waals surface area contributed by atoms with E-state index in [-0.39, 0.29) is 0 Å². The average molecular weight is 546 g/mol. The van der Waals surface area contributed by atoms with Crippen LogP contribution in [0.1, 0.15) is 92.9 Å². The lowest BCUT2D eigenvalue weighted by molar-refractivity contribution is 0.702. The van der Waals surface area contributed by atoms with E-state index in [4.69, 9.17) is 11.6 Å². The zero-order valence-corrected chi connectivity index (χ0v) is 25.0. The number of benzene rings is 2. The molecule has 2 fully saturated rings. The van der Waals surface area contributed by atoms with Crippen molar-refractivity contribution in [3.05, 3.63) is 64.3 Å². The maximum absolute atomic E-state index is 5.93. The van der Waals surface area contributed by atoms with E-state index in [0.29, 0.717) is 5.15 Å². The van der Waals surface area contributed by atoms with Gasteiger partial charge in [-0.25, -0.2) is 19.9 Å². The molecule has 2 aliphatic rings. The molecule has 6 heteroatoms. The van der Waals surface area contributed by atoms with Gasteiger partial charge in [-0.2, -0.15) is 0 Å². The van der Waals surface area contributed by atoms with Crippen molar-refractivity contribution in [1.82, 2.24) is 19.9 Å². The quantitative estimate of drug-likeness (QED) is 0.176. The number of fused-ring (bicyclic) bond motifs is 2. The predicted octanol–water partition coefficient (Wildman–Crippen LogP) is 9.26. The summed E-state index contributed by atoms with van der Waals surface area (Å²) < 4.78 is 0. The molecule has 0 radical (unpaired) electrons. The van der Waals surface area contributed by atoms with Gasteiger partial charge < -0.3 is 4.90 Å². The van der Waals surface area contributed by atoms with E-state index in [2.05, 4.69) is 64.7 Å². The second kappa shape index (κ2) is 14.6. The van der Waals surface area contributed by atoms with Crippen molar-refractivity contribution in [3.63, 3.8) is 0 Å². The molecule has 39 heavy (non-hydrogen) atoms. The number of nitrogens with zero attached hydrogens (tertiary/aromatic N) is 5. The molecule has 208 valence electrons. The van der Waals surface area contributed by atoms with Gasteiger partial charge in [-0.3, -0.25) is 0 Å². The zero-order chi connectivity index (χ0) is 27.6. The minimum absolute atomic E-state index is 0.521. The van der Waals surface area contributed by atoms with Gasteiger partial charge in [0.25, 0.3) is 0 Å². The fraction of sp³-hybridized carbons (Fsp3) is 0.515. The van der Waals surface area contributed by atoms with E-state index in [9.17, 15) is 0 Å². The Bertz CT molecular complexity index is 1340. The normalized spacial score (nSPS) is 16.0. The molecule has 3 heterocycles. The van der Waals surface area contributed by atoms with Crippen LogP contribution in [0.25, 0.3) is 21.8 Å². The molecule has 0 bridgehead atoms. The Labute approximate surface area is 239 Å². The minimum Gasteiger partial charge on any atom is -0.356 e. The Morgan fingerprint density at radius 2 is 0.923 bits per heavy atom. The summed E-state index contributed by atoms with van der Waals surface area (Å²) in [6.07, 6.45) is 18.9. The highest BCUT2D eigenvalue weighted by Gasteiger charge is 2.15. The number of aryl methyl sites for hydroxylation is 4. The largest absolute Gasteiger partial charge is 0.356 e. The first-order valence-corrected chi connectivity index (χ1v) is 15.2. The third-order valence-electron chi connectivity index (χ3n) is 8.09. The summed E-state index contributed by atoms with van der Waals surface area (Å²) in [7, 11) is 0. The maximum atomic E-state index is 5.93. The van der Waals surface area contributed by atoms with E-state index in [1.54, 1.807) is 6.33 Å². The highest BCUT2D eigenvalue weighted by atomic mass is 35.5. The van der Waals surface area contributed by atoms with Gasteiger partial charge in [-0.1, -0.05) is 69.4 Å². The standard InChI is InChI=1S/C16H21N3.C10H9ClN2.C7H14/c1-12-9-14-15(10-13(12)2)17-11-18-16(14)19-7-5-3-4-6-8-19;1-6-3-8-9(4-7(6)2)12-5-13-10(8)11;1-2-4-6-7-5-3-1/h9-11H,3-8H2,1-2H3;3-5H,1-2H3;1-7H2. The van der Waals surface area contributed by atoms with Crippen molar-refractivity contribution in [1.29, 1.82) is 0 Å². The SMILES string of the molecule is C1CCCCCC1.Cc1cc2ncnc(Cl)c2cc1C.Cc1cc2ncnc(N3CCCCCC3)c2cc1C. The van der Waals surface area contributed by atoms with Gasteiger partial charge >= 0.3 is 0 Å². The third kappa shape index (κ3) is 8.11. The van der Waals surface area contributed by atoms with Crippen molar-refractivity contribution < 1.29 is 0 Å². The molecule has 1 aliphatic heterocycles. The Kier molecular flexibility index (Phi) is 10.9. The number of hydrogen-bond donors (Lipinski definition) is 0. The monoisotopic (exact) mass is 545 g/mol. The maximum Gasteiger partial charge on any atom is 0.140 e. The number of aromatic nitrogens is 4. The third-order valence-corrected chi connectivity index (χ3v) is 8.39. The number of hydrogen-bond acceptors (Lipinski definition) is 5. The summed E-state index contributed by atoms with van der Waals surface area (Å²) >= 11 is 5.93. The Balaban J connectivity index is 0.000000152. The van der Waals surface area contributed by atoms with Crippen LogP contribution in [0.15, 0.2) is 36.9 Å². The predicted molar refractivity (Wildman–Crippen MR) is 166 cm³/mol. The summed E-state index contributed by atoms with van der Waals surface area (Å²) in [5.74, 6) is 1.12. The van der Waals surface area contributed by atoms with Gasteiger partial charge in [0.1, 0.15) is 23.6 Å². The number of halogens is 1. The van der Waals surface area contributed by atoms with Gasteiger partial charge in [-0.05, 0) is 87.1 Å². The number of anilines is 1. The van der Waals surface area contributed by atoms with Gasteiger partial charge in [0.2, 0.25) is 0 Å². The summed E-state index contributed by atoms with van der Waals surface area (Å²) in [4.78, 5) is 19.5. The van der Waals surface area contributed by atoms with Crippen LogP contribution in [0.3, 0.4) is 0 Å². The molecular formula is C33H44ClN5. The van der Waals surface area contributed by atoms with Gasteiger partial charge in [0, 0.05) is 23.9 Å². The van der Waals surface area contributed by atoms with Crippen LogP contribution in [0.2, 0.25) is 5.15 Å². The van der Waals surface area contributed by atoms with Crippen molar-refractivity contribution in [2.75, 3.05) is 18.0 Å². The molecule has 1 saturated carbocycles. The molecule has 5 nitrogen and oxygen atoms in total. The lowest BCUT2D eigenvalue weighted by Crippen LogP contribution is -2.25. The molecule has 0 amide bonds. The minimum atomic E-state index is 0.521. The molecule has 2 aromatic carbocycles. The first-order chi connectivity index (χ1) is 18.9. The van der Waals surface area contributed by atoms with Crippen LogP contribution in [0.4, 0.5) is 5.82 Å². The number of rotatable bonds is 1. The topological polar surface area (TPSA) is 54.8 Å². The molecule has 1 aliphatic carbocycles. The van der Waals surface area contributed by atoms with Crippen LogP contribution in [0, 0.1) is 27.7 Å². The van der Waals surface area contributed by atoms with Crippen molar-refractivity contribution >= 4 is 39.2 Å². The summed E-state index contributed by atoms with van der Waals surface area (Å²) in [6, 6.07) is 8.46. The van der Waals surface area contributed by atoms with E-state index < -0.39 is 0 Å². The second-order valence-corrected chi connectivity index (χ2v) is 11.5. The Morgan fingerprint density at radius 3 is 1.46 bits per heavy atom. The van der Waals surface area contributed by atoms with Crippen LogP contribution >= 0.6 is 11.6 Å². The summed E-state index contributed by atoms with van der Waals surface area (Å²) in [6.45, 7) is 10.7. The molecule has 0 unspecified atom stereocenters. The lowest BCUT2D eigenvalue weighted by atomic mass is 10.1. The molecule has 4 aromatic rings. The van der Waals surface area contributed by atoms with Crippen molar-refractivity contribution in [2.24, 2.45) is 0 Å². The van der Waals surface area contributed by atoms with Crippen molar-refractivity contribution in [2.45, 2.75) is 98.3 Å². The smallest absolute Gasteiger partial charge is 0.140 e. The van der Waals surface area contributed by atoms with Crippen LogP contribution < -0.4 is 4.90 Å². The second-order valence-electron chi connectivity index (χ2n) is 11.1. The Morgan fingerprint density at radius 1 is 0.513 bits per heavy atom. The van der Waals surface area contributed by atoms with Crippen LogP contribution in [-0.4, -0.2) is 33.0 Å². The van der Waals surface area contributed by atoms with Crippen LogP contribution in [0.5, 0.6) is 0 Å². The lowest BCUT2D eigenvalue weighted by Gasteiger charge is -2.22. The van der Waals surface area contributed by atoms with E-state index in [1.807, 2.05) is 12.1 Å². The van der Waals surface area contributed by atoms with Gasteiger partial charge in [-0.15, -0.1) is 0 Å². The highest BCUT2D eigenvalue weighted by molar-refractivity contribution is 6.34. The molecule has 0 spiro atoms. The Hall–Kier alpha value is -2.79. The van der Waals surface area contributed by atoms with E-state index >= 15 is 0 Å². The van der Waals surface area contributed by atoms with Gasteiger partial charge in [0.05, 0.1) is 11.0 Å². The molecule has 1 saturated heterocycles. The van der Waals surface area contributed by atoms with Gasteiger partial charge in [0.15, 0.2) is 0 Å². The van der Waals surface area contributed by atoms with E-state index in [1.165, 1.54) is 105 Å². The average Bonchev–Trinajstić information content (AvgIpc) is 3.40. The first-order valence-electron chi connectivity index (χ1n) is 14.8. The van der Waals surface area contributed by atoms with E-state index in [0.717, 1.165) is 35.3 Å².